The molecule has 2 heterocycles. The first-order valence-electron chi connectivity index (χ1n) is 7.39. The van der Waals surface area contributed by atoms with Crippen LogP contribution in [0.1, 0.15) is 18.9 Å². The van der Waals surface area contributed by atoms with Crippen molar-refractivity contribution in [3.8, 4) is 5.75 Å². The van der Waals surface area contributed by atoms with E-state index in [4.69, 9.17) is 16.3 Å². The Bertz CT molecular complexity index is 550. The standard InChI is InChI=1S/C16H20ClN3O/c17-14-2-1-3-16(12-14)21-11-10-19-7-4-15(5-8-19)20-9-6-18-13-20/h1-3,6,9,12-13,15H,4-5,7-8,10-11H2. The zero-order valence-corrected chi connectivity index (χ0v) is 12.7. The van der Waals surface area contributed by atoms with Crippen molar-refractivity contribution < 1.29 is 4.74 Å². The van der Waals surface area contributed by atoms with Crippen LogP contribution in [-0.4, -0.2) is 40.7 Å². The van der Waals surface area contributed by atoms with Gasteiger partial charge in [0, 0.05) is 43.1 Å². The summed E-state index contributed by atoms with van der Waals surface area (Å²) in [6, 6.07) is 8.16. The second-order valence-electron chi connectivity index (χ2n) is 5.39. The van der Waals surface area contributed by atoms with Gasteiger partial charge in [0.15, 0.2) is 0 Å². The Morgan fingerprint density at radius 3 is 2.86 bits per heavy atom. The van der Waals surface area contributed by atoms with Gasteiger partial charge in [0.05, 0.1) is 6.33 Å². The first kappa shape index (κ1) is 14.4. The van der Waals surface area contributed by atoms with Crippen molar-refractivity contribution in [2.75, 3.05) is 26.2 Å². The van der Waals surface area contributed by atoms with Crippen LogP contribution in [-0.2, 0) is 0 Å². The highest BCUT2D eigenvalue weighted by Crippen LogP contribution is 2.22. The fourth-order valence-electron chi connectivity index (χ4n) is 2.78. The largest absolute Gasteiger partial charge is 0.492 e. The van der Waals surface area contributed by atoms with E-state index in [1.54, 1.807) is 0 Å². The number of hydrogen-bond donors (Lipinski definition) is 0. The Morgan fingerprint density at radius 1 is 1.29 bits per heavy atom. The summed E-state index contributed by atoms with van der Waals surface area (Å²) in [6.07, 6.45) is 8.18. The molecule has 1 fully saturated rings. The van der Waals surface area contributed by atoms with Gasteiger partial charge in [-0.25, -0.2) is 4.98 Å². The minimum Gasteiger partial charge on any atom is -0.492 e. The molecule has 1 saturated heterocycles. The number of halogens is 1. The molecule has 0 aliphatic carbocycles. The Morgan fingerprint density at radius 2 is 2.14 bits per heavy atom. The minimum absolute atomic E-state index is 0.595. The van der Waals surface area contributed by atoms with Crippen molar-refractivity contribution in [3.63, 3.8) is 0 Å². The van der Waals surface area contributed by atoms with E-state index < -0.39 is 0 Å². The van der Waals surface area contributed by atoms with Crippen LogP contribution in [0.4, 0.5) is 0 Å². The average molecular weight is 306 g/mol. The third kappa shape index (κ3) is 3.99. The highest BCUT2D eigenvalue weighted by atomic mass is 35.5. The van der Waals surface area contributed by atoms with E-state index >= 15 is 0 Å². The molecule has 1 aliphatic rings. The quantitative estimate of drug-likeness (QED) is 0.849. The molecule has 112 valence electrons. The summed E-state index contributed by atoms with van der Waals surface area (Å²) in [5.41, 5.74) is 0. The molecule has 0 bridgehead atoms. The smallest absolute Gasteiger partial charge is 0.120 e. The van der Waals surface area contributed by atoms with Gasteiger partial charge in [-0.05, 0) is 31.0 Å². The molecule has 1 aromatic carbocycles. The number of likely N-dealkylation sites (tertiary alicyclic amines) is 1. The third-order valence-electron chi connectivity index (χ3n) is 3.98. The molecule has 0 amide bonds. The SMILES string of the molecule is Clc1cccc(OCCN2CCC(n3ccnc3)CC2)c1. The van der Waals surface area contributed by atoms with Crippen LogP contribution in [0.5, 0.6) is 5.75 Å². The summed E-state index contributed by atoms with van der Waals surface area (Å²) in [5, 5.41) is 0.716. The number of benzene rings is 1. The first-order valence-corrected chi connectivity index (χ1v) is 7.77. The van der Waals surface area contributed by atoms with Crippen LogP contribution in [0.3, 0.4) is 0 Å². The van der Waals surface area contributed by atoms with E-state index in [2.05, 4.69) is 20.6 Å². The summed E-state index contributed by atoms with van der Waals surface area (Å²) in [6.45, 7) is 3.89. The first-order chi connectivity index (χ1) is 10.3. The van der Waals surface area contributed by atoms with Gasteiger partial charge < -0.3 is 9.30 Å². The van der Waals surface area contributed by atoms with E-state index in [-0.39, 0.29) is 0 Å². The van der Waals surface area contributed by atoms with Gasteiger partial charge >= 0.3 is 0 Å². The van der Waals surface area contributed by atoms with Crippen molar-refractivity contribution in [2.24, 2.45) is 0 Å². The molecule has 0 radical (unpaired) electrons. The maximum Gasteiger partial charge on any atom is 0.120 e. The average Bonchev–Trinajstić information content (AvgIpc) is 3.02. The Hall–Kier alpha value is -1.52. The van der Waals surface area contributed by atoms with Gasteiger partial charge in [0.1, 0.15) is 12.4 Å². The Labute approximate surface area is 130 Å². The van der Waals surface area contributed by atoms with Gasteiger partial charge in [-0.3, -0.25) is 4.90 Å². The molecule has 0 spiro atoms. The van der Waals surface area contributed by atoms with E-state index in [1.165, 1.54) is 12.8 Å². The Balaban J connectivity index is 1.40. The van der Waals surface area contributed by atoms with Crippen LogP contribution in [0.25, 0.3) is 0 Å². The van der Waals surface area contributed by atoms with Gasteiger partial charge in [0.2, 0.25) is 0 Å². The number of aromatic nitrogens is 2. The van der Waals surface area contributed by atoms with Crippen LogP contribution in [0, 0.1) is 0 Å². The molecule has 0 atom stereocenters. The molecule has 4 nitrogen and oxygen atoms in total. The van der Waals surface area contributed by atoms with Gasteiger partial charge in [-0.15, -0.1) is 0 Å². The van der Waals surface area contributed by atoms with E-state index in [0.717, 1.165) is 25.4 Å². The highest BCUT2D eigenvalue weighted by molar-refractivity contribution is 6.30. The highest BCUT2D eigenvalue weighted by Gasteiger charge is 2.19. The summed E-state index contributed by atoms with van der Waals surface area (Å²) in [4.78, 5) is 6.58. The lowest BCUT2D eigenvalue weighted by molar-refractivity contribution is 0.157. The molecule has 0 unspecified atom stereocenters. The Kier molecular flexibility index (Phi) is 4.78. The van der Waals surface area contributed by atoms with Gasteiger partial charge in [0.25, 0.3) is 0 Å². The maximum atomic E-state index is 5.94. The fourth-order valence-corrected chi connectivity index (χ4v) is 2.96. The number of hydrogen-bond acceptors (Lipinski definition) is 3. The van der Waals surface area contributed by atoms with Crippen LogP contribution in [0.2, 0.25) is 5.02 Å². The summed E-state index contributed by atoms with van der Waals surface area (Å²) >= 11 is 5.94. The lowest BCUT2D eigenvalue weighted by atomic mass is 10.1. The van der Waals surface area contributed by atoms with Crippen molar-refractivity contribution in [3.05, 3.63) is 48.0 Å². The number of rotatable bonds is 5. The molecule has 1 aromatic heterocycles. The normalized spacial score (nSPS) is 17.0. The lowest BCUT2D eigenvalue weighted by Gasteiger charge is -2.32. The van der Waals surface area contributed by atoms with Crippen LogP contribution >= 0.6 is 11.6 Å². The number of imidazole rings is 1. The topological polar surface area (TPSA) is 30.3 Å². The zero-order chi connectivity index (χ0) is 14.5. The monoisotopic (exact) mass is 305 g/mol. The van der Waals surface area contributed by atoms with E-state index in [0.29, 0.717) is 17.7 Å². The fraction of sp³-hybridized carbons (Fsp3) is 0.438. The van der Waals surface area contributed by atoms with Crippen molar-refractivity contribution in [1.82, 2.24) is 14.5 Å². The molecular formula is C16H20ClN3O. The number of nitrogens with zero attached hydrogens (tertiary/aromatic N) is 3. The molecule has 5 heteroatoms. The van der Waals surface area contributed by atoms with E-state index in [9.17, 15) is 0 Å². The summed E-state index contributed by atoms with van der Waals surface area (Å²) < 4.78 is 7.97. The van der Waals surface area contributed by atoms with Crippen LogP contribution < -0.4 is 4.74 Å². The second kappa shape index (κ2) is 6.96. The minimum atomic E-state index is 0.595. The van der Waals surface area contributed by atoms with Crippen molar-refractivity contribution >= 4 is 11.6 Å². The lowest BCUT2D eigenvalue weighted by Crippen LogP contribution is -2.37. The second-order valence-corrected chi connectivity index (χ2v) is 5.82. The summed E-state index contributed by atoms with van der Waals surface area (Å²) in [5.74, 6) is 0.843. The molecular weight excluding hydrogens is 286 g/mol. The number of piperidine rings is 1. The molecule has 0 N–H and O–H groups in total. The van der Waals surface area contributed by atoms with Gasteiger partial charge in [-0.1, -0.05) is 17.7 Å². The van der Waals surface area contributed by atoms with E-state index in [1.807, 2.05) is 36.8 Å². The van der Waals surface area contributed by atoms with Crippen molar-refractivity contribution in [2.45, 2.75) is 18.9 Å². The predicted molar refractivity (Wildman–Crippen MR) is 83.9 cm³/mol. The molecule has 1 aliphatic heterocycles. The molecule has 0 saturated carbocycles. The molecule has 2 aromatic rings. The van der Waals surface area contributed by atoms with Gasteiger partial charge in [-0.2, -0.15) is 0 Å². The van der Waals surface area contributed by atoms with Crippen LogP contribution in [0.15, 0.2) is 43.0 Å². The third-order valence-corrected chi connectivity index (χ3v) is 4.21. The maximum absolute atomic E-state index is 5.94. The zero-order valence-electron chi connectivity index (χ0n) is 12.0. The molecule has 3 rings (SSSR count). The summed E-state index contributed by atoms with van der Waals surface area (Å²) in [7, 11) is 0. The number of ether oxygens (including phenoxy) is 1. The molecule has 21 heavy (non-hydrogen) atoms. The predicted octanol–water partition coefficient (Wildman–Crippen LogP) is 3.25. The van der Waals surface area contributed by atoms with Crippen molar-refractivity contribution in [1.29, 1.82) is 0 Å².